The fourth-order valence-corrected chi connectivity index (χ4v) is 9.54. The van der Waals surface area contributed by atoms with E-state index in [9.17, 15) is 19.0 Å². The number of hydrogen-bond donors (Lipinski definition) is 1. The number of quaternary nitrogens is 1. The maximum atomic E-state index is 13.6. The van der Waals surface area contributed by atoms with E-state index in [1.807, 2.05) is 33.3 Å². The predicted molar refractivity (Wildman–Crippen MR) is 334 cm³/mol. The smallest absolute Gasteiger partial charge is 0.306 e. The van der Waals surface area contributed by atoms with Crippen LogP contribution in [0.2, 0.25) is 0 Å². The summed E-state index contributed by atoms with van der Waals surface area (Å²) in [6.07, 6.45) is 76.6. The Bertz CT molecular complexity index is 1660. The molecule has 9 nitrogen and oxygen atoms in total. The van der Waals surface area contributed by atoms with Crippen LogP contribution in [0, 0.1) is 0 Å². The number of unbranched alkanes of at least 4 members (excludes halogenated alkanes) is 27. The topological polar surface area (TPSA) is 114 Å². The van der Waals surface area contributed by atoms with Crippen LogP contribution in [0.1, 0.15) is 271 Å². The maximum absolute atomic E-state index is 13.6. The first-order valence-electron chi connectivity index (χ1n) is 32.0. The molecule has 1 N–H and O–H groups in total. The first-order valence-corrected chi connectivity index (χ1v) is 33.5. The molecule has 78 heavy (non-hydrogen) atoms. The van der Waals surface area contributed by atoms with E-state index >= 15 is 0 Å². The number of amides is 1. The van der Waals surface area contributed by atoms with Gasteiger partial charge in [0.25, 0.3) is 7.82 Å². The Balaban J connectivity index is 5.20. The van der Waals surface area contributed by atoms with Crippen molar-refractivity contribution in [2.75, 3.05) is 40.9 Å². The summed E-state index contributed by atoms with van der Waals surface area (Å²) in [5.74, 6) is -0.575. The first-order chi connectivity index (χ1) is 37.9. The van der Waals surface area contributed by atoms with Crippen LogP contribution in [0.3, 0.4) is 0 Å². The van der Waals surface area contributed by atoms with Crippen LogP contribution in [0.25, 0.3) is 0 Å². The molecular formula is C68H121N2O7P. The largest absolute Gasteiger partial charge is 0.756 e. The maximum Gasteiger partial charge on any atom is 0.306 e. The zero-order valence-corrected chi connectivity index (χ0v) is 52.2. The summed E-state index contributed by atoms with van der Waals surface area (Å²) in [6.45, 7) is 6.68. The Kier molecular flexibility index (Phi) is 54.9. The zero-order valence-electron chi connectivity index (χ0n) is 51.3. The van der Waals surface area contributed by atoms with E-state index in [0.717, 1.165) is 116 Å². The van der Waals surface area contributed by atoms with Gasteiger partial charge in [-0.1, -0.05) is 247 Å². The number of allylic oxidation sites excluding steroid dienone is 15. The van der Waals surface area contributed by atoms with Crippen molar-refractivity contribution in [2.24, 2.45) is 0 Å². The second-order valence-electron chi connectivity index (χ2n) is 22.5. The first kappa shape index (κ1) is 74.9. The normalized spacial score (nSPS) is 14.3. The number of nitrogens with zero attached hydrogens (tertiary/aromatic N) is 1. The molecule has 0 spiro atoms. The number of phosphoric ester groups is 1. The van der Waals surface area contributed by atoms with Gasteiger partial charge in [0.15, 0.2) is 0 Å². The van der Waals surface area contributed by atoms with Crippen molar-refractivity contribution in [3.8, 4) is 0 Å². The molecule has 0 aliphatic heterocycles. The number of likely N-dealkylation sites (N-methyl/N-ethyl adjacent to an activating group) is 1. The fraction of sp³-hybridized carbons (Fsp3) is 0.735. The molecule has 0 saturated heterocycles. The van der Waals surface area contributed by atoms with E-state index in [0.29, 0.717) is 23.9 Å². The van der Waals surface area contributed by atoms with Gasteiger partial charge in [0.05, 0.1) is 33.8 Å². The number of nitrogens with one attached hydrogen (secondary N) is 1. The lowest BCUT2D eigenvalue weighted by Crippen LogP contribution is -2.47. The van der Waals surface area contributed by atoms with Gasteiger partial charge in [-0.3, -0.25) is 14.2 Å². The highest BCUT2D eigenvalue weighted by Gasteiger charge is 2.27. The molecule has 0 bridgehead atoms. The molecular weight excluding hydrogens is 988 g/mol. The molecule has 0 aromatic carbocycles. The molecule has 450 valence electrons. The summed E-state index contributed by atoms with van der Waals surface area (Å²) >= 11 is 0. The SMILES string of the molecule is CC/C=C/C/C=C/C/C=C/CCCCCCC(=O)OC(/C=C\CCCCCCCCCCCCC)C(COP(=O)([O-])OCC[N+](C)(C)C)NC(=O)CCCCCCCCCCC/C=C\C/C=C\C/C=C\C/C=C\CCCCC. The van der Waals surface area contributed by atoms with E-state index in [1.54, 1.807) is 0 Å². The lowest BCUT2D eigenvalue weighted by Gasteiger charge is -2.30. The van der Waals surface area contributed by atoms with E-state index in [-0.39, 0.29) is 24.9 Å². The average molecular weight is 1110 g/mol. The van der Waals surface area contributed by atoms with Crippen molar-refractivity contribution in [3.05, 3.63) is 97.2 Å². The van der Waals surface area contributed by atoms with Gasteiger partial charge in [0, 0.05) is 12.8 Å². The van der Waals surface area contributed by atoms with Gasteiger partial charge in [-0.2, -0.15) is 0 Å². The Morgan fingerprint density at radius 2 is 0.821 bits per heavy atom. The number of carbonyl (C=O) groups excluding carboxylic acids is 2. The summed E-state index contributed by atoms with van der Waals surface area (Å²) in [5.41, 5.74) is 0. The number of phosphoric acid groups is 1. The van der Waals surface area contributed by atoms with E-state index < -0.39 is 26.6 Å². The number of rotatable bonds is 57. The molecule has 0 radical (unpaired) electrons. The number of hydrogen-bond acceptors (Lipinski definition) is 7. The van der Waals surface area contributed by atoms with E-state index in [4.69, 9.17) is 13.8 Å². The van der Waals surface area contributed by atoms with Crippen LogP contribution in [0.5, 0.6) is 0 Å². The van der Waals surface area contributed by atoms with E-state index in [2.05, 4.69) is 111 Å². The van der Waals surface area contributed by atoms with Crippen LogP contribution in [0.4, 0.5) is 0 Å². The Hall–Kier alpha value is -3.07. The van der Waals surface area contributed by atoms with Crippen molar-refractivity contribution < 1.29 is 37.3 Å². The second-order valence-corrected chi connectivity index (χ2v) is 23.9. The predicted octanol–water partition coefficient (Wildman–Crippen LogP) is 19.3. The van der Waals surface area contributed by atoms with E-state index in [1.165, 1.54) is 116 Å². The summed E-state index contributed by atoms with van der Waals surface area (Å²) in [6, 6.07) is -0.906. The monoisotopic (exact) mass is 1110 g/mol. The summed E-state index contributed by atoms with van der Waals surface area (Å²) in [4.78, 5) is 40.0. The molecule has 0 saturated carbocycles. The number of ether oxygens (including phenoxy) is 1. The van der Waals surface area contributed by atoms with Crippen LogP contribution in [0.15, 0.2) is 97.2 Å². The number of carbonyl (C=O) groups is 2. The highest BCUT2D eigenvalue weighted by Crippen LogP contribution is 2.38. The lowest BCUT2D eigenvalue weighted by molar-refractivity contribution is -0.870. The van der Waals surface area contributed by atoms with Crippen molar-refractivity contribution in [1.82, 2.24) is 5.32 Å². The Morgan fingerprint density at radius 1 is 0.462 bits per heavy atom. The minimum atomic E-state index is -4.71. The van der Waals surface area contributed by atoms with Gasteiger partial charge >= 0.3 is 5.97 Å². The van der Waals surface area contributed by atoms with Crippen LogP contribution in [-0.2, 0) is 27.9 Å². The minimum Gasteiger partial charge on any atom is -0.756 e. The molecule has 0 fully saturated rings. The molecule has 10 heteroatoms. The highest BCUT2D eigenvalue weighted by atomic mass is 31.2. The standard InChI is InChI=1S/C68H121N2O7P/c1-7-10-13-16-19-22-25-28-30-31-32-33-34-35-36-37-38-39-40-42-45-48-51-54-57-60-67(71)69-65(64-76-78(73,74)75-63-62-70(4,5)6)66(59-56-53-50-47-44-41-27-24-21-18-15-12-9-3)77-68(72)61-58-55-52-49-46-43-29-26-23-20-17-14-11-8-2/h11,14,19-20,22-23,28-30,32-33,35-36,43,56,59,65-66H,7-10,12-13,15-18,21,24-27,31,34,37-42,44-55,57-58,60-64H2,1-6H3,(H-,69,71,73,74)/b14-11+,22-19-,23-20+,30-28-,33-32-,36-35-,43-29+,59-56-. The molecule has 0 aromatic heterocycles. The van der Waals surface area contributed by atoms with Gasteiger partial charge in [0.2, 0.25) is 5.91 Å². The van der Waals surface area contributed by atoms with Gasteiger partial charge in [-0.25, -0.2) is 0 Å². The zero-order chi connectivity index (χ0) is 57.2. The fourth-order valence-electron chi connectivity index (χ4n) is 8.81. The minimum absolute atomic E-state index is 0.0316. The van der Waals surface area contributed by atoms with Crippen molar-refractivity contribution in [1.29, 1.82) is 0 Å². The summed E-state index contributed by atoms with van der Waals surface area (Å²) in [5, 5.41) is 3.02. The summed E-state index contributed by atoms with van der Waals surface area (Å²) < 4.78 is 30.3. The third kappa shape index (κ3) is 57.6. The van der Waals surface area contributed by atoms with Crippen LogP contribution >= 0.6 is 7.82 Å². The lowest BCUT2D eigenvalue weighted by atomic mass is 10.0. The quantitative estimate of drug-likeness (QED) is 0.0212. The van der Waals surface area contributed by atoms with Crippen molar-refractivity contribution in [3.63, 3.8) is 0 Å². The third-order valence-electron chi connectivity index (χ3n) is 13.7. The van der Waals surface area contributed by atoms with Gasteiger partial charge < -0.3 is 28.5 Å². The van der Waals surface area contributed by atoms with Crippen LogP contribution in [-0.4, -0.2) is 69.4 Å². The molecule has 0 heterocycles. The molecule has 0 aliphatic rings. The van der Waals surface area contributed by atoms with Gasteiger partial charge in [0.1, 0.15) is 19.3 Å². The van der Waals surface area contributed by atoms with Gasteiger partial charge in [-0.15, -0.1) is 0 Å². The molecule has 1 amide bonds. The average Bonchev–Trinajstić information content (AvgIpc) is 3.40. The third-order valence-corrected chi connectivity index (χ3v) is 14.7. The Labute approximate surface area is 481 Å². The summed E-state index contributed by atoms with van der Waals surface area (Å²) in [7, 11) is 1.16. The highest BCUT2D eigenvalue weighted by molar-refractivity contribution is 7.45. The number of esters is 1. The molecule has 3 unspecified atom stereocenters. The van der Waals surface area contributed by atoms with Crippen molar-refractivity contribution >= 4 is 19.7 Å². The molecule has 0 rings (SSSR count). The molecule has 3 atom stereocenters. The van der Waals surface area contributed by atoms with Crippen LogP contribution < -0.4 is 10.2 Å². The second kappa shape index (κ2) is 57.2. The Morgan fingerprint density at radius 3 is 1.26 bits per heavy atom. The van der Waals surface area contributed by atoms with Gasteiger partial charge in [-0.05, 0) is 109 Å². The molecule has 0 aliphatic carbocycles. The van der Waals surface area contributed by atoms with Crippen molar-refractivity contribution in [2.45, 2.75) is 283 Å². The molecule has 0 aromatic rings.